The van der Waals surface area contributed by atoms with E-state index in [1.807, 2.05) is 7.11 Å². The van der Waals surface area contributed by atoms with E-state index in [-0.39, 0.29) is 5.60 Å². The Morgan fingerprint density at radius 3 is 2.47 bits per heavy atom. The Bertz CT molecular complexity index is 195. The molecule has 2 heteroatoms. The highest BCUT2D eigenvalue weighted by atomic mass is 16.5. The van der Waals surface area contributed by atoms with Crippen molar-refractivity contribution in [2.45, 2.75) is 63.5 Å². The van der Waals surface area contributed by atoms with Gasteiger partial charge < -0.3 is 10.1 Å². The molecule has 0 amide bonds. The third-order valence-electron chi connectivity index (χ3n) is 4.21. The second kappa shape index (κ2) is 4.84. The van der Waals surface area contributed by atoms with Crippen molar-refractivity contribution in [2.75, 3.05) is 13.7 Å². The van der Waals surface area contributed by atoms with Gasteiger partial charge in [0.2, 0.25) is 0 Å². The fourth-order valence-electron chi connectivity index (χ4n) is 3.09. The summed E-state index contributed by atoms with van der Waals surface area (Å²) in [5, 5.41) is 3.66. The van der Waals surface area contributed by atoms with Crippen LogP contribution >= 0.6 is 0 Å². The van der Waals surface area contributed by atoms with E-state index in [0.29, 0.717) is 6.04 Å². The van der Waals surface area contributed by atoms with Crippen LogP contribution in [0.25, 0.3) is 0 Å². The van der Waals surface area contributed by atoms with Crippen molar-refractivity contribution >= 4 is 0 Å². The van der Waals surface area contributed by atoms with Gasteiger partial charge in [0, 0.05) is 13.2 Å². The largest absolute Gasteiger partial charge is 0.377 e. The van der Waals surface area contributed by atoms with Gasteiger partial charge in [0.15, 0.2) is 0 Å². The normalized spacial score (nSPS) is 26.8. The van der Waals surface area contributed by atoms with E-state index in [4.69, 9.17) is 4.74 Å². The molecule has 15 heavy (non-hydrogen) atoms. The summed E-state index contributed by atoms with van der Waals surface area (Å²) in [5.41, 5.74) is 0.165. The van der Waals surface area contributed by atoms with Crippen LogP contribution in [-0.2, 0) is 4.74 Å². The van der Waals surface area contributed by atoms with Crippen LogP contribution in [0, 0.1) is 5.92 Å². The third-order valence-corrected chi connectivity index (χ3v) is 4.21. The molecule has 0 heterocycles. The van der Waals surface area contributed by atoms with E-state index in [1.54, 1.807) is 0 Å². The highest BCUT2D eigenvalue weighted by molar-refractivity contribution is 4.98. The molecule has 0 aromatic carbocycles. The first kappa shape index (κ1) is 11.4. The lowest BCUT2D eigenvalue weighted by atomic mass is 9.88. The number of likely N-dealkylation sites (N-methyl/N-ethyl adjacent to an activating group) is 1. The Kier molecular flexibility index (Phi) is 3.68. The van der Waals surface area contributed by atoms with Crippen LogP contribution in [0.1, 0.15) is 51.9 Å². The lowest BCUT2D eigenvalue weighted by molar-refractivity contribution is -0.0387. The molecule has 0 saturated heterocycles. The van der Waals surface area contributed by atoms with Gasteiger partial charge in [-0.25, -0.2) is 0 Å². The standard InChI is InChI=1S/C13H25NO/c1-3-14-12(10-11-6-7-11)13(15-2)8-4-5-9-13/h11-12,14H,3-10H2,1-2H3. The molecule has 2 aliphatic rings. The predicted molar refractivity (Wildman–Crippen MR) is 63.0 cm³/mol. The predicted octanol–water partition coefficient (Wildman–Crippen LogP) is 2.72. The minimum absolute atomic E-state index is 0.165. The first-order valence-electron chi connectivity index (χ1n) is 6.59. The third kappa shape index (κ3) is 2.54. The summed E-state index contributed by atoms with van der Waals surface area (Å²) in [7, 11) is 1.91. The van der Waals surface area contributed by atoms with E-state index in [9.17, 15) is 0 Å². The lowest BCUT2D eigenvalue weighted by Crippen LogP contribution is -2.50. The molecule has 0 aromatic heterocycles. The van der Waals surface area contributed by atoms with E-state index in [0.717, 1.165) is 12.5 Å². The lowest BCUT2D eigenvalue weighted by Gasteiger charge is -2.37. The van der Waals surface area contributed by atoms with Crippen LogP contribution in [0.2, 0.25) is 0 Å². The molecule has 2 saturated carbocycles. The van der Waals surface area contributed by atoms with Crippen LogP contribution in [0.4, 0.5) is 0 Å². The number of rotatable bonds is 6. The smallest absolute Gasteiger partial charge is 0.0831 e. The van der Waals surface area contributed by atoms with Crippen LogP contribution in [0.3, 0.4) is 0 Å². The van der Waals surface area contributed by atoms with Crippen molar-refractivity contribution in [2.24, 2.45) is 5.92 Å². The number of methoxy groups -OCH3 is 1. The topological polar surface area (TPSA) is 21.3 Å². The summed E-state index contributed by atoms with van der Waals surface area (Å²) in [6.07, 6.45) is 9.44. The Morgan fingerprint density at radius 2 is 2.00 bits per heavy atom. The summed E-state index contributed by atoms with van der Waals surface area (Å²) < 4.78 is 5.88. The van der Waals surface area contributed by atoms with Gasteiger partial charge in [-0.05, 0) is 31.7 Å². The van der Waals surface area contributed by atoms with Crippen molar-refractivity contribution in [1.82, 2.24) is 5.32 Å². The first-order chi connectivity index (χ1) is 7.30. The molecule has 2 rings (SSSR count). The number of hydrogen-bond donors (Lipinski definition) is 1. The van der Waals surface area contributed by atoms with Gasteiger partial charge in [-0.1, -0.05) is 32.6 Å². The van der Waals surface area contributed by atoms with Crippen LogP contribution < -0.4 is 5.32 Å². The molecule has 0 bridgehead atoms. The van der Waals surface area contributed by atoms with Crippen LogP contribution in [-0.4, -0.2) is 25.3 Å². The molecule has 1 unspecified atom stereocenters. The zero-order chi connectivity index (χ0) is 10.7. The summed E-state index contributed by atoms with van der Waals surface area (Å²) in [4.78, 5) is 0. The maximum atomic E-state index is 5.88. The van der Waals surface area contributed by atoms with Gasteiger partial charge >= 0.3 is 0 Å². The molecule has 2 nitrogen and oxygen atoms in total. The Labute approximate surface area is 93.8 Å². The van der Waals surface area contributed by atoms with Crippen LogP contribution in [0.15, 0.2) is 0 Å². The molecule has 88 valence electrons. The average Bonchev–Trinajstić information content (AvgIpc) is 2.94. The summed E-state index contributed by atoms with van der Waals surface area (Å²) in [5.74, 6) is 0.988. The maximum Gasteiger partial charge on any atom is 0.0831 e. The summed E-state index contributed by atoms with van der Waals surface area (Å²) in [6.45, 7) is 3.28. The first-order valence-corrected chi connectivity index (χ1v) is 6.59. The molecule has 1 N–H and O–H groups in total. The summed E-state index contributed by atoms with van der Waals surface area (Å²) >= 11 is 0. The molecule has 0 radical (unpaired) electrons. The van der Waals surface area contributed by atoms with E-state index < -0.39 is 0 Å². The minimum atomic E-state index is 0.165. The second-order valence-corrected chi connectivity index (χ2v) is 5.27. The minimum Gasteiger partial charge on any atom is -0.377 e. The fraction of sp³-hybridized carbons (Fsp3) is 1.00. The molecule has 1 atom stereocenters. The van der Waals surface area contributed by atoms with E-state index in [1.165, 1.54) is 44.9 Å². The van der Waals surface area contributed by atoms with Gasteiger partial charge in [0.05, 0.1) is 5.60 Å². The monoisotopic (exact) mass is 211 g/mol. The van der Waals surface area contributed by atoms with Gasteiger partial charge in [-0.3, -0.25) is 0 Å². The van der Waals surface area contributed by atoms with Crippen molar-refractivity contribution in [1.29, 1.82) is 0 Å². The number of nitrogens with one attached hydrogen (secondary N) is 1. The fourth-order valence-corrected chi connectivity index (χ4v) is 3.09. The van der Waals surface area contributed by atoms with Crippen molar-refractivity contribution in [3.05, 3.63) is 0 Å². The van der Waals surface area contributed by atoms with Gasteiger partial charge in [-0.15, -0.1) is 0 Å². The Morgan fingerprint density at radius 1 is 1.33 bits per heavy atom. The SMILES string of the molecule is CCNC(CC1CC1)C1(OC)CCCC1. The average molecular weight is 211 g/mol. The Hall–Kier alpha value is -0.0800. The van der Waals surface area contributed by atoms with Crippen molar-refractivity contribution in [3.63, 3.8) is 0 Å². The molecular formula is C13H25NO. The van der Waals surface area contributed by atoms with Gasteiger partial charge in [-0.2, -0.15) is 0 Å². The number of ether oxygens (including phenoxy) is 1. The van der Waals surface area contributed by atoms with Crippen molar-refractivity contribution in [3.8, 4) is 0 Å². The summed E-state index contributed by atoms with van der Waals surface area (Å²) in [6, 6.07) is 0.600. The number of hydrogen-bond acceptors (Lipinski definition) is 2. The van der Waals surface area contributed by atoms with E-state index >= 15 is 0 Å². The quantitative estimate of drug-likeness (QED) is 0.729. The highest BCUT2D eigenvalue weighted by Crippen LogP contribution is 2.42. The van der Waals surface area contributed by atoms with Crippen LogP contribution in [0.5, 0.6) is 0 Å². The molecular weight excluding hydrogens is 186 g/mol. The maximum absolute atomic E-state index is 5.88. The molecule has 2 fully saturated rings. The molecule has 0 aliphatic heterocycles. The Balaban J connectivity index is 1.98. The van der Waals surface area contributed by atoms with Crippen molar-refractivity contribution < 1.29 is 4.74 Å². The zero-order valence-electron chi connectivity index (χ0n) is 10.2. The molecule has 0 aromatic rings. The molecule has 0 spiro atoms. The van der Waals surface area contributed by atoms with E-state index in [2.05, 4.69) is 12.2 Å². The van der Waals surface area contributed by atoms with Gasteiger partial charge in [0.25, 0.3) is 0 Å². The molecule has 2 aliphatic carbocycles. The second-order valence-electron chi connectivity index (χ2n) is 5.27. The van der Waals surface area contributed by atoms with Gasteiger partial charge in [0.1, 0.15) is 0 Å². The highest BCUT2D eigenvalue weighted by Gasteiger charge is 2.43. The zero-order valence-corrected chi connectivity index (χ0v) is 10.2.